The number of hydrogen-bond acceptors (Lipinski definition) is 4. The molecule has 0 saturated carbocycles. The molecule has 0 amide bonds. The molecular formula is C25H30Cl2N2O2. The highest BCUT2D eigenvalue weighted by atomic mass is 35.5. The van der Waals surface area contributed by atoms with E-state index in [1.165, 1.54) is 18.2 Å². The van der Waals surface area contributed by atoms with Crippen LogP contribution in [0, 0.1) is 5.92 Å². The van der Waals surface area contributed by atoms with E-state index in [9.17, 15) is 4.79 Å². The molecule has 1 N–H and O–H groups in total. The molecule has 1 unspecified atom stereocenters. The number of esters is 1. The van der Waals surface area contributed by atoms with Crippen molar-refractivity contribution >= 4 is 36.5 Å². The Labute approximate surface area is 197 Å². The molecule has 3 rings (SSSR count). The molecule has 0 aromatic heterocycles. The predicted molar refractivity (Wildman–Crippen MR) is 132 cm³/mol. The van der Waals surface area contributed by atoms with Gasteiger partial charge in [-0.05, 0) is 23.3 Å². The second-order valence-electron chi connectivity index (χ2n) is 7.04. The van der Waals surface area contributed by atoms with E-state index >= 15 is 0 Å². The van der Waals surface area contributed by atoms with Gasteiger partial charge in [0.1, 0.15) is 0 Å². The zero-order valence-electron chi connectivity index (χ0n) is 17.6. The van der Waals surface area contributed by atoms with Crippen molar-refractivity contribution in [1.29, 1.82) is 0 Å². The fourth-order valence-electron chi connectivity index (χ4n) is 3.35. The van der Waals surface area contributed by atoms with Gasteiger partial charge in [-0.3, -0.25) is 4.79 Å². The van der Waals surface area contributed by atoms with Crippen LogP contribution >= 0.6 is 24.8 Å². The van der Waals surface area contributed by atoms with E-state index < -0.39 is 0 Å². The molecule has 0 aliphatic heterocycles. The van der Waals surface area contributed by atoms with Gasteiger partial charge in [-0.15, -0.1) is 24.8 Å². The zero-order chi connectivity index (χ0) is 20.3. The molecule has 0 radical (unpaired) electrons. The van der Waals surface area contributed by atoms with Crippen LogP contribution in [0.5, 0.6) is 0 Å². The second kappa shape index (κ2) is 14.5. The number of carbonyl (C=O) groups excluding carboxylic acids is 1. The van der Waals surface area contributed by atoms with Gasteiger partial charge in [0.05, 0.1) is 13.0 Å². The molecule has 3 aromatic carbocycles. The van der Waals surface area contributed by atoms with Crippen LogP contribution in [0.1, 0.15) is 11.1 Å². The Kier molecular flexibility index (Phi) is 12.4. The third-order valence-corrected chi connectivity index (χ3v) is 4.88. The summed E-state index contributed by atoms with van der Waals surface area (Å²) in [4.78, 5) is 14.7. The van der Waals surface area contributed by atoms with Gasteiger partial charge in [0.2, 0.25) is 0 Å². The van der Waals surface area contributed by atoms with Crippen LogP contribution < -0.4 is 10.2 Å². The van der Waals surface area contributed by atoms with Crippen molar-refractivity contribution in [3.8, 4) is 0 Å². The highest BCUT2D eigenvalue weighted by molar-refractivity contribution is 5.85. The largest absolute Gasteiger partial charge is 0.469 e. The quantitative estimate of drug-likeness (QED) is 0.426. The van der Waals surface area contributed by atoms with Gasteiger partial charge in [-0.1, -0.05) is 78.9 Å². The second-order valence-corrected chi connectivity index (χ2v) is 7.04. The van der Waals surface area contributed by atoms with Crippen molar-refractivity contribution in [2.45, 2.75) is 13.1 Å². The standard InChI is InChI=1S/C25H28N2O2.2ClH/c1-29-25(28)23(18-26-17-21-11-5-2-6-12-21)20-27(24-15-9-4-10-16-24)19-22-13-7-3-8-14-22;;/h2-16,23,26H,17-20H2,1H3;2*1H. The van der Waals surface area contributed by atoms with Crippen molar-refractivity contribution in [3.05, 3.63) is 102 Å². The van der Waals surface area contributed by atoms with E-state index in [2.05, 4.69) is 46.6 Å². The number of halogens is 2. The molecule has 6 heteroatoms. The van der Waals surface area contributed by atoms with Gasteiger partial charge in [0.15, 0.2) is 0 Å². The van der Waals surface area contributed by atoms with Crippen LogP contribution in [-0.4, -0.2) is 26.2 Å². The highest BCUT2D eigenvalue weighted by Crippen LogP contribution is 2.19. The number of rotatable bonds is 10. The topological polar surface area (TPSA) is 41.6 Å². The van der Waals surface area contributed by atoms with Gasteiger partial charge < -0.3 is 15.0 Å². The first kappa shape index (κ1) is 26.5. The minimum Gasteiger partial charge on any atom is -0.469 e. The number of nitrogens with zero attached hydrogens (tertiary/aromatic N) is 1. The number of carbonyl (C=O) groups is 1. The molecule has 0 aliphatic rings. The van der Waals surface area contributed by atoms with Crippen LogP contribution in [0.3, 0.4) is 0 Å². The van der Waals surface area contributed by atoms with Gasteiger partial charge in [0, 0.05) is 31.9 Å². The molecule has 166 valence electrons. The van der Waals surface area contributed by atoms with Crippen molar-refractivity contribution in [2.24, 2.45) is 5.92 Å². The lowest BCUT2D eigenvalue weighted by Gasteiger charge is -2.29. The molecule has 4 nitrogen and oxygen atoms in total. The molecule has 0 heterocycles. The van der Waals surface area contributed by atoms with Crippen molar-refractivity contribution < 1.29 is 9.53 Å². The summed E-state index contributed by atoms with van der Waals surface area (Å²) in [5.74, 6) is -0.466. The lowest BCUT2D eigenvalue weighted by molar-refractivity contribution is -0.145. The van der Waals surface area contributed by atoms with Crippen LogP contribution in [-0.2, 0) is 22.6 Å². The van der Waals surface area contributed by atoms with E-state index in [1.807, 2.05) is 54.6 Å². The number of benzene rings is 3. The van der Waals surface area contributed by atoms with Crippen LogP contribution in [0.4, 0.5) is 5.69 Å². The third-order valence-electron chi connectivity index (χ3n) is 4.88. The Balaban J connectivity index is 0.00000240. The monoisotopic (exact) mass is 460 g/mol. The lowest BCUT2D eigenvalue weighted by atomic mass is 10.1. The number of nitrogens with one attached hydrogen (secondary N) is 1. The van der Waals surface area contributed by atoms with E-state index in [4.69, 9.17) is 4.74 Å². The Morgan fingerprint density at radius 3 is 1.90 bits per heavy atom. The Morgan fingerprint density at radius 1 is 0.839 bits per heavy atom. The van der Waals surface area contributed by atoms with Gasteiger partial charge in [-0.25, -0.2) is 0 Å². The molecule has 0 bridgehead atoms. The fraction of sp³-hybridized carbons (Fsp3) is 0.240. The summed E-state index contributed by atoms with van der Waals surface area (Å²) in [6.45, 7) is 2.59. The van der Waals surface area contributed by atoms with Crippen molar-refractivity contribution in [2.75, 3.05) is 25.1 Å². The normalized spacial score (nSPS) is 10.9. The summed E-state index contributed by atoms with van der Waals surface area (Å²) < 4.78 is 5.10. The van der Waals surface area contributed by atoms with E-state index in [0.29, 0.717) is 13.1 Å². The zero-order valence-corrected chi connectivity index (χ0v) is 19.3. The summed E-state index contributed by atoms with van der Waals surface area (Å²) in [5, 5.41) is 3.41. The maximum atomic E-state index is 12.5. The minimum atomic E-state index is -0.271. The smallest absolute Gasteiger partial charge is 0.311 e. The molecule has 0 aliphatic carbocycles. The molecule has 0 saturated heterocycles. The van der Waals surface area contributed by atoms with E-state index in [-0.39, 0.29) is 36.7 Å². The van der Waals surface area contributed by atoms with E-state index in [0.717, 1.165) is 18.8 Å². The number of anilines is 1. The maximum absolute atomic E-state index is 12.5. The third kappa shape index (κ3) is 8.62. The summed E-state index contributed by atoms with van der Waals surface area (Å²) >= 11 is 0. The summed E-state index contributed by atoms with van der Waals surface area (Å²) in [5.41, 5.74) is 3.49. The molecule has 0 fully saturated rings. The van der Waals surface area contributed by atoms with Crippen LogP contribution in [0.2, 0.25) is 0 Å². The molecule has 31 heavy (non-hydrogen) atoms. The van der Waals surface area contributed by atoms with Gasteiger partial charge >= 0.3 is 5.97 Å². The SMILES string of the molecule is COC(=O)C(CNCc1ccccc1)CN(Cc1ccccc1)c1ccccc1.Cl.Cl. The van der Waals surface area contributed by atoms with Crippen LogP contribution in [0.15, 0.2) is 91.0 Å². The number of methoxy groups -OCH3 is 1. The van der Waals surface area contributed by atoms with Gasteiger partial charge in [-0.2, -0.15) is 0 Å². The fourth-order valence-corrected chi connectivity index (χ4v) is 3.35. The molecule has 0 spiro atoms. The Bertz CT molecular complexity index is 864. The first-order chi connectivity index (χ1) is 14.3. The van der Waals surface area contributed by atoms with Crippen LogP contribution in [0.25, 0.3) is 0 Å². The maximum Gasteiger partial charge on any atom is 0.311 e. The molecule has 3 aromatic rings. The number of hydrogen-bond donors (Lipinski definition) is 1. The van der Waals surface area contributed by atoms with Gasteiger partial charge in [0.25, 0.3) is 0 Å². The lowest BCUT2D eigenvalue weighted by Crippen LogP contribution is -2.39. The predicted octanol–water partition coefficient (Wildman–Crippen LogP) is 5.12. The Morgan fingerprint density at radius 2 is 1.35 bits per heavy atom. The van der Waals surface area contributed by atoms with E-state index in [1.54, 1.807) is 0 Å². The van der Waals surface area contributed by atoms with Crippen molar-refractivity contribution in [1.82, 2.24) is 5.32 Å². The van der Waals surface area contributed by atoms with Crippen molar-refractivity contribution in [3.63, 3.8) is 0 Å². The summed E-state index contributed by atoms with van der Waals surface area (Å²) in [7, 11) is 1.45. The first-order valence-corrected chi connectivity index (χ1v) is 9.92. The summed E-state index contributed by atoms with van der Waals surface area (Å²) in [6, 6.07) is 30.7. The number of ether oxygens (including phenoxy) is 1. The highest BCUT2D eigenvalue weighted by Gasteiger charge is 2.23. The summed E-state index contributed by atoms with van der Waals surface area (Å²) in [6.07, 6.45) is 0. The average Bonchev–Trinajstić information content (AvgIpc) is 2.79. The Hall–Kier alpha value is -2.53. The minimum absolute atomic E-state index is 0. The average molecular weight is 461 g/mol. The molecular weight excluding hydrogens is 431 g/mol. The molecule has 1 atom stereocenters. The number of para-hydroxylation sites is 1. The first-order valence-electron chi connectivity index (χ1n) is 9.92.